The van der Waals surface area contributed by atoms with E-state index in [4.69, 9.17) is 9.97 Å². The highest BCUT2D eigenvalue weighted by molar-refractivity contribution is 7.21. The molecule has 7 nitrogen and oxygen atoms in total. The van der Waals surface area contributed by atoms with Crippen molar-refractivity contribution in [2.75, 3.05) is 50.4 Å². The van der Waals surface area contributed by atoms with Gasteiger partial charge in [0.25, 0.3) is 0 Å². The van der Waals surface area contributed by atoms with Gasteiger partial charge in [0.05, 0.1) is 0 Å². The average molecular weight is 488 g/mol. The molecule has 4 aromatic rings. The lowest BCUT2D eigenvalue weighted by Gasteiger charge is -2.32. The number of aryl methyl sites for hydroxylation is 3. The van der Waals surface area contributed by atoms with Crippen molar-refractivity contribution >= 4 is 44.1 Å². The van der Waals surface area contributed by atoms with Gasteiger partial charge >= 0.3 is 0 Å². The average Bonchev–Trinajstić information content (AvgIpc) is 3.25. The Hall–Kier alpha value is -3.07. The molecule has 2 N–H and O–H groups in total. The number of likely N-dealkylation sites (N-methyl/N-ethyl adjacent to an activating group) is 1. The number of anilines is 4. The minimum atomic E-state index is 0.810. The van der Waals surface area contributed by atoms with Gasteiger partial charge in [-0.15, -0.1) is 0 Å². The second-order valence-corrected chi connectivity index (χ2v) is 10.4. The van der Waals surface area contributed by atoms with Crippen LogP contribution in [0.4, 0.5) is 22.5 Å². The van der Waals surface area contributed by atoms with Gasteiger partial charge in [-0.05, 0) is 81.7 Å². The zero-order valence-electron chi connectivity index (χ0n) is 20.7. The largest absolute Gasteiger partial charge is 0.340 e. The highest BCUT2D eigenvalue weighted by Gasteiger charge is 2.14. The predicted molar refractivity (Wildman–Crippen MR) is 146 cm³/mol. The molecule has 0 amide bonds. The van der Waals surface area contributed by atoms with Gasteiger partial charge in [-0.25, -0.2) is 15.0 Å². The maximum Gasteiger partial charge on any atom is 0.190 e. The van der Waals surface area contributed by atoms with Gasteiger partial charge in [0.2, 0.25) is 0 Å². The summed E-state index contributed by atoms with van der Waals surface area (Å²) in [6, 6.07) is 14.6. The lowest BCUT2D eigenvalue weighted by Crippen LogP contribution is -2.44. The molecule has 0 spiro atoms. The lowest BCUT2D eigenvalue weighted by molar-refractivity contribution is 0.153. The van der Waals surface area contributed by atoms with Crippen LogP contribution in [0.25, 0.3) is 10.3 Å². The van der Waals surface area contributed by atoms with Crippen molar-refractivity contribution in [2.24, 2.45) is 0 Å². The molecular formula is C27H33N7S. The fraction of sp³-hybridized carbons (Fsp3) is 0.370. The zero-order valence-corrected chi connectivity index (χ0v) is 21.5. The van der Waals surface area contributed by atoms with Crippen LogP contribution in [0.2, 0.25) is 0 Å². The molecule has 1 saturated heterocycles. The maximum absolute atomic E-state index is 4.80. The van der Waals surface area contributed by atoms with E-state index >= 15 is 0 Å². The van der Waals surface area contributed by atoms with Gasteiger partial charge in [0, 0.05) is 38.1 Å². The molecule has 0 radical (unpaired) electrons. The first kappa shape index (κ1) is 23.7. The summed E-state index contributed by atoms with van der Waals surface area (Å²) in [5.41, 5.74) is 5.59. The van der Waals surface area contributed by atoms with E-state index in [1.807, 2.05) is 12.3 Å². The van der Waals surface area contributed by atoms with Gasteiger partial charge in [-0.1, -0.05) is 29.0 Å². The fourth-order valence-corrected chi connectivity index (χ4v) is 5.27. The highest BCUT2D eigenvalue weighted by atomic mass is 32.1. The Morgan fingerprint density at radius 1 is 0.914 bits per heavy atom. The summed E-state index contributed by atoms with van der Waals surface area (Å²) in [6.07, 6.45) is 4.10. The van der Waals surface area contributed by atoms with Crippen molar-refractivity contribution in [3.63, 3.8) is 0 Å². The summed E-state index contributed by atoms with van der Waals surface area (Å²) in [4.78, 5) is 20.0. The molecule has 1 aromatic carbocycles. The molecule has 0 bridgehead atoms. The first-order valence-electron chi connectivity index (χ1n) is 12.3. The SMILES string of the molecule is Cc1ccc(Nc2cc(C)c3nc(Nc4cc(CCCN5CCN(C)CC5)ccn4)sc3n2)cc1. The summed E-state index contributed by atoms with van der Waals surface area (Å²) in [5, 5.41) is 7.62. The zero-order chi connectivity index (χ0) is 24.2. The van der Waals surface area contributed by atoms with Crippen molar-refractivity contribution in [3.05, 3.63) is 65.4 Å². The van der Waals surface area contributed by atoms with E-state index in [0.717, 1.165) is 57.8 Å². The normalized spacial score (nSPS) is 14.9. The van der Waals surface area contributed by atoms with E-state index in [-0.39, 0.29) is 0 Å². The Kier molecular flexibility index (Phi) is 7.22. The summed E-state index contributed by atoms with van der Waals surface area (Å²) in [5.74, 6) is 1.66. The van der Waals surface area contributed by atoms with Crippen molar-refractivity contribution in [1.82, 2.24) is 24.8 Å². The van der Waals surface area contributed by atoms with Crippen LogP contribution in [0, 0.1) is 13.8 Å². The molecule has 0 unspecified atom stereocenters. The Morgan fingerprint density at radius 2 is 1.71 bits per heavy atom. The third-order valence-corrected chi connectivity index (χ3v) is 7.34. The van der Waals surface area contributed by atoms with Gasteiger partial charge in [0.15, 0.2) is 5.13 Å². The van der Waals surface area contributed by atoms with Crippen molar-refractivity contribution in [1.29, 1.82) is 0 Å². The van der Waals surface area contributed by atoms with E-state index in [1.165, 1.54) is 37.3 Å². The summed E-state index contributed by atoms with van der Waals surface area (Å²) in [7, 11) is 2.20. The molecule has 0 aliphatic carbocycles. The number of hydrogen-bond donors (Lipinski definition) is 2. The third kappa shape index (κ3) is 6.14. The Morgan fingerprint density at radius 3 is 2.51 bits per heavy atom. The third-order valence-electron chi connectivity index (χ3n) is 6.48. The number of nitrogens with zero attached hydrogens (tertiary/aromatic N) is 5. The van der Waals surface area contributed by atoms with Crippen LogP contribution in [-0.4, -0.2) is 64.5 Å². The summed E-state index contributed by atoms with van der Waals surface area (Å²) < 4.78 is 0. The number of benzene rings is 1. The van der Waals surface area contributed by atoms with Crippen molar-refractivity contribution in [3.8, 4) is 0 Å². The van der Waals surface area contributed by atoms with E-state index in [2.05, 4.69) is 82.7 Å². The summed E-state index contributed by atoms with van der Waals surface area (Å²) in [6.45, 7) is 10.0. The van der Waals surface area contributed by atoms with Gasteiger partial charge in [0.1, 0.15) is 22.0 Å². The van der Waals surface area contributed by atoms with E-state index in [1.54, 1.807) is 11.3 Å². The van der Waals surface area contributed by atoms with Gasteiger partial charge in [-0.3, -0.25) is 0 Å². The molecule has 8 heteroatoms. The molecule has 1 fully saturated rings. The number of fused-ring (bicyclic) bond motifs is 1. The number of hydrogen-bond acceptors (Lipinski definition) is 8. The second-order valence-electron chi connectivity index (χ2n) is 9.41. The number of nitrogens with one attached hydrogen (secondary N) is 2. The van der Waals surface area contributed by atoms with Gasteiger partial charge in [-0.2, -0.15) is 0 Å². The molecule has 1 aliphatic rings. The Labute approximate surface area is 211 Å². The molecule has 4 heterocycles. The van der Waals surface area contributed by atoms with E-state index in [0.29, 0.717) is 0 Å². The van der Waals surface area contributed by atoms with Crippen LogP contribution in [0.15, 0.2) is 48.7 Å². The topological polar surface area (TPSA) is 69.2 Å². The molecule has 0 atom stereocenters. The van der Waals surface area contributed by atoms with Crippen molar-refractivity contribution in [2.45, 2.75) is 26.7 Å². The molecule has 182 valence electrons. The second kappa shape index (κ2) is 10.7. The first-order chi connectivity index (χ1) is 17.0. The number of aromatic nitrogens is 3. The Balaban J connectivity index is 1.23. The molecule has 0 saturated carbocycles. The number of thiazole rings is 1. The van der Waals surface area contributed by atoms with Crippen LogP contribution >= 0.6 is 11.3 Å². The lowest BCUT2D eigenvalue weighted by atomic mass is 10.1. The van der Waals surface area contributed by atoms with Gasteiger partial charge < -0.3 is 20.4 Å². The minimum Gasteiger partial charge on any atom is -0.340 e. The monoisotopic (exact) mass is 487 g/mol. The van der Waals surface area contributed by atoms with E-state index in [9.17, 15) is 0 Å². The van der Waals surface area contributed by atoms with E-state index < -0.39 is 0 Å². The molecular weight excluding hydrogens is 454 g/mol. The molecule has 5 rings (SSSR count). The number of rotatable bonds is 8. The molecule has 35 heavy (non-hydrogen) atoms. The molecule has 3 aromatic heterocycles. The first-order valence-corrected chi connectivity index (χ1v) is 13.1. The molecule has 1 aliphatic heterocycles. The van der Waals surface area contributed by atoms with Crippen LogP contribution in [-0.2, 0) is 6.42 Å². The number of pyridine rings is 2. The van der Waals surface area contributed by atoms with Crippen LogP contribution in [0.3, 0.4) is 0 Å². The fourth-order valence-electron chi connectivity index (χ4n) is 4.35. The minimum absolute atomic E-state index is 0.810. The van der Waals surface area contributed by atoms with Crippen LogP contribution < -0.4 is 10.6 Å². The van der Waals surface area contributed by atoms with Crippen molar-refractivity contribution < 1.29 is 0 Å². The Bertz CT molecular complexity index is 1280. The number of piperazine rings is 1. The smallest absolute Gasteiger partial charge is 0.190 e. The standard InChI is InChI=1S/C27H33N7S/c1-19-6-8-22(9-7-19)29-24-17-20(2)25-26(30-24)35-27(32-25)31-23-18-21(10-11-28-23)5-4-12-34-15-13-33(3)14-16-34/h6-11,17-18H,4-5,12-16H2,1-3H3,(H,29,30)(H,28,31,32). The maximum atomic E-state index is 4.80. The highest BCUT2D eigenvalue weighted by Crippen LogP contribution is 2.31. The quantitative estimate of drug-likeness (QED) is 0.346. The summed E-state index contributed by atoms with van der Waals surface area (Å²) >= 11 is 1.55. The van der Waals surface area contributed by atoms with Crippen LogP contribution in [0.1, 0.15) is 23.1 Å². The predicted octanol–water partition coefficient (Wildman–Crippen LogP) is 5.37. The van der Waals surface area contributed by atoms with Crippen LogP contribution in [0.5, 0.6) is 0 Å².